The van der Waals surface area contributed by atoms with E-state index in [9.17, 15) is 17.8 Å². The third-order valence-corrected chi connectivity index (χ3v) is 5.58. The van der Waals surface area contributed by atoms with Crippen molar-refractivity contribution in [1.29, 1.82) is 0 Å². The molecule has 2 aromatic carbocycles. The van der Waals surface area contributed by atoms with E-state index in [-0.39, 0.29) is 23.2 Å². The molecule has 2 aromatic rings. The van der Waals surface area contributed by atoms with Gasteiger partial charge >= 0.3 is 0 Å². The number of piperazine rings is 1. The summed E-state index contributed by atoms with van der Waals surface area (Å²) in [6.07, 6.45) is 0. The van der Waals surface area contributed by atoms with Crippen LogP contribution >= 0.6 is 0 Å². The van der Waals surface area contributed by atoms with Gasteiger partial charge in [0.15, 0.2) is 0 Å². The van der Waals surface area contributed by atoms with Gasteiger partial charge in [0.25, 0.3) is 0 Å². The highest BCUT2D eigenvalue weighted by Crippen LogP contribution is 2.17. The molecule has 0 saturated carbocycles. The number of hydrogen-bond acceptors (Lipinski definition) is 3. The van der Waals surface area contributed by atoms with Crippen molar-refractivity contribution in [3.63, 3.8) is 0 Å². The van der Waals surface area contributed by atoms with E-state index in [0.717, 1.165) is 5.69 Å². The van der Waals surface area contributed by atoms with Gasteiger partial charge in [0.1, 0.15) is 17.4 Å². The van der Waals surface area contributed by atoms with Gasteiger partial charge in [0, 0.05) is 48.2 Å². The summed E-state index contributed by atoms with van der Waals surface area (Å²) in [5.74, 6) is -0.932. The van der Waals surface area contributed by atoms with Crippen molar-refractivity contribution in [2.75, 3.05) is 36.8 Å². The highest BCUT2D eigenvalue weighted by Gasteiger charge is 2.23. The smallest absolute Gasteiger partial charge is 0.235 e. The third-order valence-electron chi connectivity index (χ3n) is 4.38. The monoisotopic (exact) mass is 378 g/mol. The summed E-state index contributed by atoms with van der Waals surface area (Å²) in [6.45, 7) is 2.31. The number of carbonyl (C=O) groups is 1. The Balaban J connectivity index is 1.49. The fraction of sp³-hybridized carbons (Fsp3) is 0.316. The first-order chi connectivity index (χ1) is 12.5. The number of hydrogen-bond donors (Lipinski definition) is 0. The topological polar surface area (TPSA) is 40.6 Å². The lowest BCUT2D eigenvalue weighted by Crippen LogP contribution is -2.50. The molecule has 0 aromatic heterocycles. The largest absolute Gasteiger partial charge is 0.368 e. The Morgan fingerprint density at radius 1 is 0.962 bits per heavy atom. The molecule has 1 heterocycles. The molecule has 138 valence electrons. The average Bonchev–Trinajstić information content (AvgIpc) is 2.64. The van der Waals surface area contributed by atoms with Crippen LogP contribution in [0.15, 0.2) is 48.5 Å². The number of amides is 1. The first-order valence-corrected chi connectivity index (χ1v) is 9.88. The van der Waals surface area contributed by atoms with E-state index >= 15 is 0 Å². The van der Waals surface area contributed by atoms with Gasteiger partial charge in [-0.2, -0.15) is 0 Å². The van der Waals surface area contributed by atoms with E-state index in [2.05, 4.69) is 4.90 Å². The van der Waals surface area contributed by atoms with Crippen LogP contribution in [0.5, 0.6) is 0 Å². The summed E-state index contributed by atoms with van der Waals surface area (Å²) in [5.41, 5.74) is 1.28. The van der Waals surface area contributed by atoms with Crippen LogP contribution in [0.2, 0.25) is 0 Å². The van der Waals surface area contributed by atoms with Gasteiger partial charge in [0.05, 0.1) is 5.75 Å². The minimum absolute atomic E-state index is 0.0357. The Labute approximate surface area is 153 Å². The molecule has 1 atom stereocenters. The zero-order chi connectivity index (χ0) is 18.5. The lowest BCUT2D eigenvalue weighted by Gasteiger charge is -2.36. The van der Waals surface area contributed by atoms with Crippen molar-refractivity contribution in [2.24, 2.45) is 0 Å². The molecule has 1 aliphatic heterocycles. The van der Waals surface area contributed by atoms with Crippen molar-refractivity contribution in [2.45, 2.75) is 5.75 Å². The van der Waals surface area contributed by atoms with Gasteiger partial charge in [-0.15, -0.1) is 0 Å². The van der Waals surface area contributed by atoms with Gasteiger partial charge in [0.2, 0.25) is 5.91 Å². The molecule has 4 nitrogen and oxygen atoms in total. The van der Waals surface area contributed by atoms with Crippen LogP contribution in [0.4, 0.5) is 14.5 Å². The Morgan fingerprint density at radius 2 is 1.62 bits per heavy atom. The SMILES string of the molecule is O=C(CS(=O)Cc1ccccc1F)N1CCN(c2ccc(F)cc2)CC1. The molecule has 0 N–H and O–H groups in total. The van der Waals surface area contributed by atoms with Crippen molar-refractivity contribution in [3.8, 4) is 0 Å². The van der Waals surface area contributed by atoms with Crippen molar-refractivity contribution in [3.05, 3.63) is 65.7 Å². The molecule has 1 amide bonds. The normalized spacial score (nSPS) is 15.8. The Kier molecular flexibility index (Phi) is 5.98. The second-order valence-electron chi connectivity index (χ2n) is 6.16. The zero-order valence-electron chi connectivity index (χ0n) is 14.2. The molecule has 1 unspecified atom stereocenters. The number of nitrogens with zero attached hydrogens (tertiary/aromatic N) is 2. The van der Waals surface area contributed by atoms with E-state index in [1.807, 2.05) is 0 Å². The molecule has 0 aliphatic carbocycles. The lowest BCUT2D eigenvalue weighted by molar-refractivity contribution is -0.128. The quantitative estimate of drug-likeness (QED) is 0.803. The van der Waals surface area contributed by atoms with Crippen molar-refractivity contribution in [1.82, 2.24) is 4.90 Å². The van der Waals surface area contributed by atoms with E-state index in [1.54, 1.807) is 35.2 Å². The first kappa shape index (κ1) is 18.5. The summed E-state index contributed by atoms with van der Waals surface area (Å²) >= 11 is 0. The molecule has 0 spiro atoms. The van der Waals surface area contributed by atoms with E-state index in [1.165, 1.54) is 18.2 Å². The maximum atomic E-state index is 13.6. The Morgan fingerprint density at radius 3 is 2.27 bits per heavy atom. The van der Waals surface area contributed by atoms with Gasteiger partial charge < -0.3 is 9.80 Å². The average molecular weight is 378 g/mol. The Bertz CT molecular complexity index is 790. The zero-order valence-corrected chi connectivity index (χ0v) is 15.1. The summed E-state index contributed by atoms with van der Waals surface area (Å²) in [4.78, 5) is 16.1. The number of rotatable bonds is 5. The van der Waals surface area contributed by atoms with E-state index in [4.69, 9.17) is 0 Å². The minimum atomic E-state index is -1.45. The second kappa shape index (κ2) is 8.40. The maximum absolute atomic E-state index is 13.6. The highest BCUT2D eigenvalue weighted by atomic mass is 32.2. The minimum Gasteiger partial charge on any atom is -0.368 e. The molecule has 26 heavy (non-hydrogen) atoms. The van der Waals surface area contributed by atoms with Gasteiger partial charge in [-0.05, 0) is 30.3 Å². The molecule has 0 bridgehead atoms. The van der Waals surface area contributed by atoms with Gasteiger partial charge in [-0.25, -0.2) is 8.78 Å². The summed E-state index contributed by atoms with van der Waals surface area (Å²) < 4.78 is 38.8. The van der Waals surface area contributed by atoms with Crippen LogP contribution in [0, 0.1) is 11.6 Å². The number of halogens is 2. The van der Waals surface area contributed by atoms with Crippen molar-refractivity contribution < 1.29 is 17.8 Å². The Hall–Kier alpha value is -2.28. The maximum Gasteiger partial charge on any atom is 0.235 e. The number of benzene rings is 2. The third kappa shape index (κ3) is 4.66. The van der Waals surface area contributed by atoms with Crippen LogP contribution in [-0.2, 0) is 21.3 Å². The van der Waals surface area contributed by atoms with Gasteiger partial charge in [-0.1, -0.05) is 18.2 Å². The van der Waals surface area contributed by atoms with Crippen LogP contribution < -0.4 is 4.90 Å². The second-order valence-corrected chi connectivity index (χ2v) is 7.62. The van der Waals surface area contributed by atoms with Crippen molar-refractivity contribution >= 4 is 22.4 Å². The van der Waals surface area contributed by atoms with E-state index < -0.39 is 16.6 Å². The summed E-state index contributed by atoms with van der Waals surface area (Å²) in [5, 5.41) is 0. The standard InChI is InChI=1S/C19H20F2N2O2S/c20-16-5-7-17(8-6-16)22-9-11-23(12-10-22)19(24)14-26(25)13-15-3-1-2-4-18(15)21/h1-8H,9-14H2. The molecule has 0 radical (unpaired) electrons. The number of anilines is 1. The fourth-order valence-electron chi connectivity index (χ4n) is 2.93. The van der Waals surface area contributed by atoms with Crippen LogP contribution in [0.3, 0.4) is 0 Å². The molecule has 3 rings (SSSR count). The predicted molar refractivity (Wildman–Crippen MR) is 98.3 cm³/mol. The van der Waals surface area contributed by atoms with Crippen LogP contribution in [-0.4, -0.2) is 46.9 Å². The molecule has 1 fully saturated rings. The molecule has 1 saturated heterocycles. The molecular weight excluding hydrogens is 358 g/mol. The van der Waals surface area contributed by atoms with E-state index in [0.29, 0.717) is 31.7 Å². The fourth-order valence-corrected chi connectivity index (χ4v) is 4.08. The number of carbonyl (C=O) groups excluding carboxylic acids is 1. The first-order valence-electron chi connectivity index (χ1n) is 8.39. The molecule has 1 aliphatic rings. The summed E-state index contributed by atoms with van der Waals surface area (Å²) in [7, 11) is -1.45. The molecule has 7 heteroatoms. The van der Waals surface area contributed by atoms with Crippen LogP contribution in [0.1, 0.15) is 5.56 Å². The van der Waals surface area contributed by atoms with Crippen LogP contribution in [0.25, 0.3) is 0 Å². The highest BCUT2D eigenvalue weighted by molar-refractivity contribution is 7.84. The molecular formula is C19H20F2N2O2S. The summed E-state index contributed by atoms with van der Waals surface area (Å²) in [6, 6.07) is 12.4. The van der Waals surface area contributed by atoms with Gasteiger partial charge in [-0.3, -0.25) is 9.00 Å². The predicted octanol–water partition coefficient (Wildman–Crippen LogP) is 2.56. The lowest BCUT2D eigenvalue weighted by atomic mass is 10.2.